The number of esters is 1. The number of nitrogens with one attached hydrogen (secondary N) is 1. The van der Waals surface area contributed by atoms with Crippen molar-refractivity contribution in [1.29, 1.82) is 0 Å². The van der Waals surface area contributed by atoms with E-state index in [9.17, 15) is 14.4 Å². The average Bonchev–Trinajstić information content (AvgIpc) is 2.63. The SMILES string of the molecule is CSCC[C@@H](NC(=O)c1ccccc1)C(=O)OCC(=O)N(C(C)C)C(C)C. The minimum absolute atomic E-state index is 0.0151. The molecule has 0 heterocycles. The molecule has 0 aliphatic rings. The second-order valence-electron chi connectivity index (χ2n) is 6.77. The third-order valence-corrected chi connectivity index (χ3v) is 4.62. The normalized spacial score (nSPS) is 12.0. The van der Waals surface area contributed by atoms with E-state index in [1.54, 1.807) is 40.9 Å². The van der Waals surface area contributed by atoms with Crippen LogP contribution in [0, 0.1) is 0 Å². The highest BCUT2D eigenvalue weighted by molar-refractivity contribution is 7.98. The number of hydrogen-bond donors (Lipinski definition) is 1. The molecule has 0 saturated carbocycles. The summed E-state index contributed by atoms with van der Waals surface area (Å²) in [5, 5.41) is 2.71. The summed E-state index contributed by atoms with van der Waals surface area (Å²) in [5.74, 6) is -0.483. The van der Waals surface area contributed by atoms with Crippen LogP contribution in [0.25, 0.3) is 0 Å². The first-order valence-electron chi connectivity index (χ1n) is 9.10. The molecule has 1 atom stereocenters. The molecule has 1 aromatic rings. The Morgan fingerprint density at radius 2 is 1.67 bits per heavy atom. The number of benzene rings is 1. The molecule has 2 amide bonds. The Kier molecular flexibility index (Phi) is 9.93. The maximum Gasteiger partial charge on any atom is 0.329 e. The fourth-order valence-electron chi connectivity index (χ4n) is 2.80. The molecule has 0 spiro atoms. The maximum absolute atomic E-state index is 12.5. The van der Waals surface area contributed by atoms with Crippen LogP contribution in [0.5, 0.6) is 0 Å². The first kappa shape index (κ1) is 23.0. The smallest absolute Gasteiger partial charge is 0.329 e. The Balaban J connectivity index is 2.71. The molecule has 1 N–H and O–H groups in total. The summed E-state index contributed by atoms with van der Waals surface area (Å²) in [7, 11) is 0. The molecule has 27 heavy (non-hydrogen) atoms. The van der Waals surface area contributed by atoms with Crippen LogP contribution in [0.1, 0.15) is 44.5 Å². The van der Waals surface area contributed by atoms with Crippen LogP contribution in [-0.4, -0.2) is 59.4 Å². The number of thioether (sulfide) groups is 1. The summed E-state index contributed by atoms with van der Waals surface area (Å²) in [6.45, 7) is 7.34. The van der Waals surface area contributed by atoms with Gasteiger partial charge >= 0.3 is 5.97 Å². The second-order valence-corrected chi connectivity index (χ2v) is 7.76. The van der Waals surface area contributed by atoms with Gasteiger partial charge in [-0.25, -0.2) is 4.79 Å². The molecule has 1 aromatic carbocycles. The molecule has 0 saturated heterocycles. The quantitative estimate of drug-likeness (QED) is 0.618. The number of rotatable bonds is 10. The maximum atomic E-state index is 12.5. The minimum Gasteiger partial charge on any atom is -0.454 e. The summed E-state index contributed by atoms with van der Waals surface area (Å²) in [4.78, 5) is 38.9. The Morgan fingerprint density at radius 1 is 1.07 bits per heavy atom. The molecule has 0 aliphatic carbocycles. The average molecular weight is 395 g/mol. The summed E-state index contributed by atoms with van der Waals surface area (Å²) < 4.78 is 5.23. The molecule has 7 heteroatoms. The zero-order chi connectivity index (χ0) is 20.4. The van der Waals surface area contributed by atoms with E-state index in [-0.39, 0.29) is 30.5 Å². The summed E-state index contributed by atoms with van der Waals surface area (Å²) in [6, 6.07) is 7.94. The van der Waals surface area contributed by atoms with Crippen LogP contribution in [-0.2, 0) is 14.3 Å². The van der Waals surface area contributed by atoms with Crippen molar-refractivity contribution < 1.29 is 19.1 Å². The summed E-state index contributed by atoms with van der Waals surface area (Å²) >= 11 is 1.57. The van der Waals surface area contributed by atoms with E-state index in [0.29, 0.717) is 17.7 Å². The molecule has 0 unspecified atom stereocenters. The number of carbonyl (C=O) groups is 3. The Hall–Kier alpha value is -2.02. The van der Waals surface area contributed by atoms with Gasteiger partial charge in [-0.1, -0.05) is 18.2 Å². The Bertz CT molecular complexity index is 612. The lowest BCUT2D eigenvalue weighted by Crippen LogP contribution is -2.46. The number of nitrogens with zero attached hydrogens (tertiary/aromatic N) is 1. The highest BCUT2D eigenvalue weighted by Gasteiger charge is 2.26. The van der Waals surface area contributed by atoms with Gasteiger partial charge in [0.1, 0.15) is 6.04 Å². The van der Waals surface area contributed by atoms with Gasteiger partial charge in [-0.15, -0.1) is 0 Å². The van der Waals surface area contributed by atoms with Gasteiger partial charge in [0, 0.05) is 17.6 Å². The predicted octanol–water partition coefficient (Wildman–Crippen LogP) is 2.73. The number of amides is 2. The van der Waals surface area contributed by atoms with Gasteiger partial charge in [0.25, 0.3) is 11.8 Å². The molecule has 150 valence electrons. The lowest BCUT2D eigenvalue weighted by Gasteiger charge is -2.30. The summed E-state index contributed by atoms with van der Waals surface area (Å²) in [6.07, 6.45) is 2.36. The number of carbonyl (C=O) groups excluding carboxylic acids is 3. The zero-order valence-electron chi connectivity index (χ0n) is 16.7. The van der Waals surface area contributed by atoms with E-state index in [1.165, 1.54) is 0 Å². The summed E-state index contributed by atoms with van der Waals surface area (Å²) in [5.41, 5.74) is 0.473. The second kappa shape index (κ2) is 11.6. The molecule has 0 bridgehead atoms. The fraction of sp³-hybridized carbons (Fsp3) is 0.550. The van der Waals surface area contributed by atoms with Gasteiger partial charge in [0.2, 0.25) is 0 Å². The van der Waals surface area contributed by atoms with Crippen LogP contribution < -0.4 is 5.32 Å². The third kappa shape index (κ3) is 7.62. The number of hydrogen-bond acceptors (Lipinski definition) is 5. The molecule has 6 nitrogen and oxygen atoms in total. The van der Waals surface area contributed by atoms with Gasteiger partial charge in [0.05, 0.1) is 0 Å². The van der Waals surface area contributed by atoms with Crippen LogP contribution in [0.15, 0.2) is 30.3 Å². The topological polar surface area (TPSA) is 75.7 Å². The number of ether oxygens (including phenoxy) is 1. The van der Waals surface area contributed by atoms with Crippen molar-refractivity contribution in [3.05, 3.63) is 35.9 Å². The fourth-order valence-corrected chi connectivity index (χ4v) is 3.27. The van der Waals surface area contributed by atoms with Gasteiger partial charge in [-0.2, -0.15) is 11.8 Å². The van der Waals surface area contributed by atoms with E-state index in [0.717, 1.165) is 0 Å². The van der Waals surface area contributed by atoms with Crippen molar-refractivity contribution in [1.82, 2.24) is 10.2 Å². The predicted molar refractivity (Wildman–Crippen MR) is 109 cm³/mol. The molecule has 0 aliphatic heterocycles. The molecule has 0 radical (unpaired) electrons. The van der Waals surface area contributed by atoms with E-state index in [1.807, 2.05) is 40.0 Å². The van der Waals surface area contributed by atoms with E-state index in [2.05, 4.69) is 5.32 Å². The highest BCUT2D eigenvalue weighted by Crippen LogP contribution is 2.08. The largest absolute Gasteiger partial charge is 0.454 e. The van der Waals surface area contributed by atoms with Crippen molar-refractivity contribution in [2.24, 2.45) is 0 Å². The molecular weight excluding hydrogens is 364 g/mol. The van der Waals surface area contributed by atoms with Gasteiger partial charge < -0.3 is 15.0 Å². The Morgan fingerprint density at radius 3 is 2.19 bits per heavy atom. The van der Waals surface area contributed by atoms with Gasteiger partial charge in [0.15, 0.2) is 6.61 Å². The van der Waals surface area contributed by atoms with Crippen molar-refractivity contribution in [2.45, 2.75) is 52.2 Å². The third-order valence-electron chi connectivity index (χ3n) is 3.98. The van der Waals surface area contributed by atoms with Crippen molar-refractivity contribution in [3.63, 3.8) is 0 Å². The van der Waals surface area contributed by atoms with Crippen LogP contribution in [0.4, 0.5) is 0 Å². The van der Waals surface area contributed by atoms with E-state index < -0.39 is 12.0 Å². The lowest BCUT2D eigenvalue weighted by atomic mass is 10.1. The first-order chi connectivity index (χ1) is 12.8. The Labute approximate surface area is 166 Å². The monoisotopic (exact) mass is 394 g/mol. The van der Waals surface area contributed by atoms with Crippen molar-refractivity contribution >= 4 is 29.5 Å². The van der Waals surface area contributed by atoms with E-state index >= 15 is 0 Å². The molecule has 0 fully saturated rings. The molecule has 0 aromatic heterocycles. The lowest BCUT2D eigenvalue weighted by molar-refractivity contribution is -0.155. The van der Waals surface area contributed by atoms with Gasteiger partial charge in [-0.05, 0) is 58.3 Å². The van der Waals surface area contributed by atoms with Crippen molar-refractivity contribution in [2.75, 3.05) is 18.6 Å². The van der Waals surface area contributed by atoms with E-state index in [4.69, 9.17) is 4.74 Å². The van der Waals surface area contributed by atoms with Crippen LogP contribution in [0.2, 0.25) is 0 Å². The molecule has 1 rings (SSSR count). The van der Waals surface area contributed by atoms with Gasteiger partial charge in [-0.3, -0.25) is 9.59 Å². The highest BCUT2D eigenvalue weighted by atomic mass is 32.2. The standard InChI is InChI=1S/C20H30N2O4S/c1-14(2)22(15(3)4)18(23)13-26-20(25)17(11-12-27-5)21-19(24)16-9-7-6-8-10-16/h6-10,14-15,17H,11-13H2,1-5H3,(H,21,24)/t17-/m1/s1. The van der Waals surface area contributed by atoms with Crippen molar-refractivity contribution in [3.8, 4) is 0 Å². The zero-order valence-corrected chi connectivity index (χ0v) is 17.5. The first-order valence-corrected chi connectivity index (χ1v) is 10.5. The van der Waals surface area contributed by atoms with Crippen LogP contribution in [0.3, 0.4) is 0 Å². The minimum atomic E-state index is -0.787. The van der Waals surface area contributed by atoms with Crippen LogP contribution >= 0.6 is 11.8 Å². The molecular formula is C20H30N2O4S.